The first-order valence-corrected chi connectivity index (χ1v) is 11.3. The number of amides is 1. The largest absolute Gasteiger partial charge is 0.345 e. The highest BCUT2D eigenvalue weighted by Crippen LogP contribution is 2.41. The van der Waals surface area contributed by atoms with Gasteiger partial charge in [-0.05, 0) is 71.0 Å². The van der Waals surface area contributed by atoms with E-state index in [9.17, 15) is 4.79 Å². The highest BCUT2D eigenvalue weighted by atomic mass is 16.2. The number of carbonyl (C=O) groups is 1. The Labute approximate surface area is 180 Å². The standard InChI is InChI=1S/C28H33NO/c1-20(26-13-7-10-23-9-4-5-12-27(23)26)18-21-8-6-11-25(19-21)22-14-16-24(17-15-22)28(30)29(2)3/h4-5,7,9-10,12-17,20-21,25H,6,8,11,18-19H2,1-3H3/t20-,21?,25?/m0/s1. The van der Waals surface area contributed by atoms with E-state index in [0.717, 1.165) is 11.5 Å². The number of hydrogen-bond donors (Lipinski definition) is 0. The molecule has 1 amide bonds. The fourth-order valence-electron chi connectivity index (χ4n) is 5.27. The fourth-order valence-corrected chi connectivity index (χ4v) is 5.27. The first-order chi connectivity index (χ1) is 14.5. The van der Waals surface area contributed by atoms with E-state index in [-0.39, 0.29) is 5.91 Å². The Balaban J connectivity index is 1.44. The molecule has 3 aromatic carbocycles. The summed E-state index contributed by atoms with van der Waals surface area (Å²) in [5, 5.41) is 2.75. The van der Waals surface area contributed by atoms with Gasteiger partial charge in [0.15, 0.2) is 0 Å². The summed E-state index contributed by atoms with van der Waals surface area (Å²) in [6, 6.07) is 23.8. The molecule has 0 radical (unpaired) electrons. The summed E-state index contributed by atoms with van der Waals surface area (Å²) in [7, 11) is 3.61. The van der Waals surface area contributed by atoms with E-state index in [0.29, 0.717) is 11.8 Å². The summed E-state index contributed by atoms with van der Waals surface area (Å²) < 4.78 is 0. The quantitative estimate of drug-likeness (QED) is 0.452. The summed E-state index contributed by atoms with van der Waals surface area (Å²) in [5.41, 5.74) is 3.66. The first kappa shape index (κ1) is 20.7. The molecule has 0 bridgehead atoms. The zero-order valence-corrected chi connectivity index (χ0v) is 18.5. The molecule has 4 rings (SSSR count). The van der Waals surface area contributed by atoms with E-state index < -0.39 is 0 Å². The molecule has 3 aromatic rings. The van der Waals surface area contributed by atoms with E-state index >= 15 is 0 Å². The van der Waals surface area contributed by atoms with Crippen LogP contribution in [-0.4, -0.2) is 24.9 Å². The van der Waals surface area contributed by atoms with Crippen molar-refractivity contribution in [3.63, 3.8) is 0 Å². The predicted molar refractivity (Wildman–Crippen MR) is 126 cm³/mol. The van der Waals surface area contributed by atoms with E-state index in [1.807, 2.05) is 12.1 Å². The second kappa shape index (κ2) is 9.04. The van der Waals surface area contributed by atoms with Gasteiger partial charge in [0, 0.05) is 19.7 Å². The van der Waals surface area contributed by atoms with Gasteiger partial charge in [-0.3, -0.25) is 4.79 Å². The van der Waals surface area contributed by atoms with Crippen LogP contribution in [0.25, 0.3) is 10.8 Å². The zero-order chi connectivity index (χ0) is 21.1. The zero-order valence-electron chi connectivity index (χ0n) is 18.5. The minimum atomic E-state index is 0.0759. The Kier molecular flexibility index (Phi) is 6.22. The third kappa shape index (κ3) is 4.43. The van der Waals surface area contributed by atoms with Crippen LogP contribution in [0, 0.1) is 5.92 Å². The van der Waals surface area contributed by atoms with Crippen LogP contribution in [-0.2, 0) is 0 Å². The molecule has 30 heavy (non-hydrogen) atoms. The van der Waals surface area contributed by atoms with Crippen molar-refractivity contribution in [3.05, 3.63) is 83.4 Å². The highest BCUT2D eigenvalue weighted by molar-refractivity contribution is 5.93. The van der Waals surface area contributed by atoms with Crippen LogP contribution in [0.2, 0.25) is 0 Å². The lowest BCUT2D eigenvalue weighted by Crippen LogP contribution is -2.21. The maximum atomic E-state index is 12.2. The lowest BCUT2D eigenvalue weighted by atomic mass is 9.74. The number of rotatable bonds is 5. The molecule has 0 aliphatic heterocycles. The normalized spacial score (nSPS) is 20.1. The summed E-state index contributed by atoms with van der Waals surface area (Å²) >= 11 is 0. The van der Waals surface area contributed by atoms with Gasteiger partial charge >= 0.3 is 0 Å². The second-order valence-electron chi connectivity index (χ2n) is 9.26. The molecule has 156 valence electrons. The highest BCUT2D eigenvalue weighted by Gasteiger charge is 2.25. The van der Waals surface area contributed by atoms with Gasteiger partial charge in [-0.15, -0.1) is 0 Å². The van der Waals surface area contributed by atoms with Gasteiger partial charge in [0.05, 0.1) is 0 Å². The SMILES string of the molecule is C[C@@H](CC1CCCC(c2ccc(C(=O)N(C)C)cc2)C1)c1cccc2ccccc12. The summed E-state index contributed by atoms with van der Waals surface area (Å²) in [6.07, 6.45) is 6.41. The van der Waals surface area contributed by atoms with Crippen molar-refractivity contribution in [2.24, 2.45) is 5.92 Å². The van der Waals surface area contributed by atoms with Crippen molar-refractivity contribution in [2.45, 2.75) is 50.9 Å². The summed E-state index contributed by atoms with van der Waals surface area (Å²) in [4.78, 5) is 13.8. The fraction of sp³-hybridized carbons (Fsp3) is 0.393. The minimum Gasteiger partial charge on any atom is -0.345 e. The second-order valence-corrected chi connectivity index (χ2v) is 9.26. The first-order valence-electron chi connectivity index (χ1n) is 11.3. The molecular formula is C28H33NO. The van der Waals surface area contributed by atoms with Crippen molar-refractivity contribution in [1.29, 1.82) is 0 Å². The maximum absolute atomic E-state index is 12.2. The van der Waals surface area contributed by atoms with Gasteiger partial charge in [-0.1, -0.05) is 74.4 Å². The number of fused-ring (bicyclic) bond motifs is 1. The Morgan fingerprint density at radius 2 is 1.70 bits per heavy atom. The van der Waals surface area contributed by atoms with Crippen molar-refractivity contribution in [1.82, 2.24) is 4.90 Å². The number of nitrogens with zero attached hydrogens (tertiary/aromatic N) is 1. The van der Waals surface area contributed by atoms with E-state index in [2.05, 4.69) is 61.5 Å². The average molecular weight is 400 g/mol. The molecular weight excluding hydrogens is 366 g/mol. The Morgan fingerprint density at radius 3 is 2.47 bits per heavy atom. The third-order valence-corrected chi connectivity index (χ3v) is 6.86. The Morgan fingerprint density at radius 1 is 0.967 bits per heavy atom. The molecule has 0 N–H and O–H groups in total. The molecule has 0 spiro atoms. The van der Waals surface area contributed by atoms with Crippen LogP contribution in [0.1, 0.15) is 72.3 Å². The van der Waals surface area contributed by atoms with Crippen molar-refractivity contribution < 1.29 is 4.79 Å². The van der Waals surface area contributed by atoms with E-state index in [1.165, 1.54) is 54.0 Å². The Hall–Kier alpha value is -2.61. The maximum Gasteiger partial charge on any atom is 0.253 e. The van der Waals surface area contributed by atoms with Crippen molar-refractivity contribution >= 4 is 16.7 Å². The van der Waals surface area contributed by atoms with E-state index in [1.54, 1.807) is 19.0 Å². The summed E-state index contributed by atoms with van der Waals surface area (Å²) in [6.45, 7) is 2.40. The Bertz CT molecular complexity index is 999. The molecule has 1 fully saturated rings. The minimum absolute atomic E-state index is 0.0759. The molecule has 0 aromatic heterocycles. The monoisotopic (exact) mass is 399 g/mol. The third-order valence-electron chi connectivity index (χ3n) is 6.86. The molecule has 1 saturated carbocycles. The van der Waals surface area contributed by atoms with Crippen LogP contribution >= 0.6 is 0 Å². The molecule has 2 unspecified atom stereocenters. The molecule has 0 heterocycles. The van der Waals surface area contributed by atoms with Crippen LogP contribution in [0.5, 0.6) is 0 Å². The number of benzene rings is 3. The summed E-state index contributed by atoms with van der Waals surface area (Å²) in [5.74, 6) is 2.03. The molecule has 1 aliphatic carbocycles. The predicted octanol–water partition coefficient (Wildman–Crippen LogP) is 7.01. The van der Waals surface area contributed by atoms with Gasteiger partial charge in [-0.2, -0.15) is 0 Å². The molecule has 2 nitrogen and oxygen atoms in total. The van der Waals surface area contributed by atoms with Gasteiger partial charge in [-0.25, -0.2) is 0 Å². The number of carbonyl (C=O) groups excluding carboxylic acids is 1. The van der Waals surface area contributed by atoms with Crippen molar-refractivity contribution in [3.8, 4) is 0 Å². The number of hydrogen-bond acceptors (Lipinski definition) is 1. The van der Waals surface area contributed by atoms with Crippen LogP contribution < -0.4 is 0 Å². The van der Waals surface area contributed by atoms with Crippen molar-refractivity contribution in [2.75, 3.05) is 14.1 Å². The molecule has 0 saturated heterocycles. The lowest BCUT2D eigenvalue weighted by Gasteiger charge is -2.31. The average Bonchev–Trinajstić information content (AvgIpc) is 2.78. The smallest absolute Gasteiger partial charge is 0.253 e. The van der Waals surface area contributed by atoms with Crippen LogP contribution in [0.3, 0.4) is 0 Å². The van der Waals surface area contributed by atoms with Gasteiger partial charge in [0.1, 0.15) is 0 Å². The molecule has 2 heteroatoms. The van der Waals surface area contributed by atoms with Gasteiger partial charge in [0.25, 0.3) is 5.91 Å². The topological polar surface area (TPSA) is 20.3 Å². The lowest BCUT2D eigenvalue weighted by molar-refractivity contribution is 0.0827. The van der Waals surface area contributed by atoms with E-state index in [4.69, 9.17) is 0 Å². The van der Waals surface area contributed by atoms with Crippen LogP contribution in [0.15, 0.2) is 66.7 Å². The van der Waals surface area contributed by atoms with Gasteiger partial charge < -0.3 is 4.90 Å². The molecule has 3 atom stereocenters. The van der Waals surface area contributed by atoms with Gasteiger partial charge in [0.2, 0.25) is 0 Å². The van der Waals surface area contributed by atoms with Crippen LogP contribution in [0.4, 0.5) is 0 Å². The molecule has 1 aliphatic rings.